The molecule has 2 rings (SSSR count). The van der Waals surface area contributed by atoms with Gasteiger partial charge in [-0.1, -0.05) is 60.7 Å². The first-order chi connectivity index (χ1) is 14.9. The number of nitrogens with one attached hydrogen (secondary N) is 1. The lowest BCUT2D eigenvalue weighted by Gasteiger charge is -2.26. The van der Waals surface area contributed by atoms with Gasteiger partial charge in [0.15, 0.2) is 0 Å². The zero-order chi connectivity index (χ0) is 22.6. The van der Waals surface area contributed by atoms with Crippen molar-refractivity contribution in [3.63, 3.8) is 0 Å². The Labute approximate surface area is 180 Å². The van der Waals surface area contributed by atoms with Crippen LogP contribution < -0.4 is 5.32 Å². The number of amides is 2. The molecule has 0 radical (unpaired) electrons. The van der Waals surface area contributed by atoms with Crippen molar-refractivity contribution in [2.24, 2.45) is 0 Å². The van der Waals surface area contributed by atoms with Crippen LogP contribution in [-0.2, 0) is 32.3 Å². The maximum atomic E-state index is 12.7. The molecular formula is C23H26N2O6. The van der Waals surface area contributed by atoms with Crippen molar-refractivity contribution in [1.82, 2.24) is 10.2 Å². The highest BCUT2D eigenvalue weighted by atomic mass is 16.5. The summed E-state index contributed by atoms with van der Waals surface area (Å²) in [6.07, 6.45) is -0.507. The number of alkyl carbamates (subject to hydrolysis) is 1. The minimum Gasteiger partial charge on any atom is -0.480 e. The molecule has 2 aromatic rings. The first kappa shape index (κ1) is 23.6. The number of carboxylic acid groups (broad SMARTS) is 1. The molecule has 0 unspecified atom stereocenters. The topological polar surface area (TPSA) is 113 Å². The Balaban J connectivity index is 1.92. The van der Waals surface area contributed by atoms with E-state index in [1.807, 2.05) is 36.4 Å². The number of carbonyl (C=O) groups excluding carboxylic acids is 3. The van der Waals surface area contributed by atoms with E-state index in [0.717, 1.165) is 11.1 Å². The Morgan fingerprint density at radius 2 is 1.61 bits per heavy atom. The van der Waals surface area contributed by atoms with Crippen LogP contribution in [0.2, 0.25) is 0 Å². The molecule has 0 aliphatic heterocycles. The van der Waals surface area contributed by atoms with E-state index in [2.05, 4.69) is 5.32 Å². The van der Waals surface area contributed by atoms with Gasteiger partial charge >= 0.3 is 12.1 Å². The molecule has 8 heteroatoms. The SMILES string of the molecule is C[C@@H](C=O)N(Cc1ccccc1)C(=O)CC[C@H](NC(=O)OCc1ccccc1)C(=O)O. The third-order valence-corrected chi connectivity index (χ3v) is 4.65. The summed E-state index contributed by atoms with van der Waals surface area (Å²) in [6.45, 7) is 1.82. The van der Waals surface area contributed by atoms with Crippen LogP contribution in [0.25, 0.3) is 0 Å². The van der Waals surface area contributed by atoms with Crippen LogP contribution in [0, 0.1) is 0 Å². The number of nitrogens with zero attached hydrogens (tertiary/aromatic N) is 1. The monoisotopic (exact) mass is 426 g/mol. The van der Waals surface area contributed by atoms with Crippen molar-refractivity contribution < 1.29 is 29.0 Å². The molecule has 2 N–H and O–H groups in total. The highest BCUT2D eigenvalue weighted by molar-refractivity contribution is 5.83. The Kier molecular flexibility index (Phi) is 9.22. The van der Waals surface area contributed by atoms with Gasteiger partial charge in [0.05, 0.1) is 6.04 Å². The maximum Gasteiger partial charge on any atom is 0.408 e. The Morgan fingerprint density at radius 3 is 2.16 bits per heavy atom. The van der Waals surface area contributed by atoms with Gasteiger partial charge in [-0.25, -0.2) is 9.59 Å². The number of carboxylic acids is 1. The second-order valence-corrected chi connectivity index (χ2v) is 7.02. The van der Waals surface area contributed by atoms with E-state index in [1.165, 1.54) is 4.90 Å². The molecule has 0 saturated carbocycles. The van der Waals surface area contributed by atoms with E-state index in [4.69, 9.17) is 4.74 Å². The summed E-state index contributed by atoms with van der Waals surface area (Å²) in [5.74, 6) is -1.66. The van der Waals surface area contributed by atoms with Gasteiger partial charge in [0.1, 0.15) is 18.9 Å². The van der Waals surface area contributed by atoms with Crippen molar-refractivity contribution in [2.75, 3.05) is 0 Å². The normalized spacial score (nSPS) is 12.3. The number of aliphatic carboxylic acids is 1. The number of hydrogen-bond donors (Lipinski definition) is 2. The van der Waals surface area contributed by atoms with Crippen LogP contribution in [0.4, 0.5) is 4.79 Å². The van der Waals surface area contributed by atoms with E-state index in [1.54, 1.807) is 31.2 Å². The fraction of sp³-hybridized carbons (Fsp3) is 0.304. The first-order valence-electron chi connectivity index (χ1n) is 9.89. The molecule has 2 aromatic carbocycles. The molecular weight excluding hydrogens is 400 g/mol. The lowest BCUT2D eigenvalue weighted by atomic mass is 10.1. The van der Waals surface area contributed by atoms with Crippen LogP contribution in [0.5, 0.6) is 0 Å². The van der Waals surface area contributed by atoms with Crippen LogP contribution in [-0.4, -0.2) is 46.3 Å². The third kappa shape index (κ3) is 7.93. The number of rotatable bonds is 11. The van der Waals surface area contributed by atoms with E-state index >= 15 is 0 Å². The summed E-state index contributed by atoms with van der Waals surface area (Å²) in [5, 5.41) is 11.7. The minimum absolute atomic E-state index is 0.000351. The molecule has 0 aliphatic carbocycles. The van der Waals surface area contributed by atoms with Crippen molar-refractivity contribution in [3.8, 4) is 0 Å². The highest BCUT2D eigenvalue weighted by Gasteiger charge is 2.25. The van der Waals surface area contributed by atoms with Gasteiger partial charge in [0.25, 0.3) is 0 Å². The molecule has 2 atom stereocenters. The van der Waals surface area contributed by atoms with Gasteiger partial charge in [-0.2, -0.15) is 0 Å². The Bertz CT molecular complexity index is 872. The molecule has 8 nitrogen and oxygen atoms in total. The quantitative estimate of drug-likeness (QED) is 0.534. The van der Waals surface area contributed by atoms with Gasteiger partial charge in [-0.3, -0.25) is 4.79 Å². The number of carbonyl (C=O) groups is 4. The summed E-state index contributed by atoms with van der Waals surface area (Å²) in [6, 6.07) is 16.2. The average Bonchev–Trinajstić information content (AvgIpc) is 2.79. The molecule has 0 fully saturated rings. The number of aldehydes is 1. The average molecular weight is 426 g/mol. The smallest absolute Gasteiger partial charge is 0.408 e. The first-order valence-corrected chi connectivity index (χ1v) is 9.89. The Morgan fingerprint density at radius 1 is 1.03 bits per heavy atom. The molecule has 0 bridgehead atoms. The predicted molar refractivity (Wildman–Crippen MR) is 113 cm³/mol. The summed E-state index contributed by atoms with van der Waals surface area (Å²) in [4.78, 5) is 48.8. The van der Waals surface area contributed by atoms with Crippen molar-refractivity contribution in [3.05, 3.63) is 71.8 Å². The molecule has 0 saturated heterocycles. The second kappa shape index (κ2) is 12.1. The van der Waals surface area contributed by atoms with Gasteiger partial charge in [0, 0.05) is 13.0 Å². The van der Waals surface area contributed by atoms with Crippen LogP contribution in [0.3, 0.4) is 0 Å². The van der Waals surface area contributed by atoms with Gasteiger partial charge in [0.2, 0.25) is 5.91 Å². The van der Waals surface area contributed by atoms with Crippen LogP contribution >= 0.6 is 0 Å². The van der Waals surface area contributed by atoms with E-state index in [9.17, 15) is 24.3 Å². The summed E-state index contributed by atoms with van der Waals surface area (Å²) in [7, 11) is 0. The fourth-order valence-electron chi connectivity index (χ4n) is 2.89. The highest BCUT2D eigenvalue weighted by Crippen LogP contribution is 2.12. The molecule has 0 aliphatic rings. The molecule has 164 valence electrons. The summed E-state index contributed by atoms with van der Waals surface area (Å²) < 4.78 is 5.04. The van der Waals surface area contributed by atoms with Crippen LogP contribution in [0.1, 0.15) is 30.9 Å². The van der Waals surface area contributed by atoms with E-state index < -0.39 is 24.1 Å². The van der Waals surface area contributed by atoms with Gasteiger partial charge < -0.3 is 24.9 Å². The standard InChI is InChI=1S/C23H26N2O6/c1-17(15-26)25(14-18-8-4-2-5-9-18)21(27)13-12-20(22(28)29)24-23(30)31-16-19-10-6-3-7-11-19/h2-11,15,17,20H,12-14,16H2,1H3,(H,24,30)(H,28,29)/t17-,20-/m0/s1. The molecule has 2 amide bonds. The maximum absolute atomic E-state index is 12.7. The second-order valence-electron chi connectivity index (χ2n) is 7.02. The summed E-state index contributed by atoms with van der Waals surface area (Å²) >= 11 is 0. The predicted octanol–water partition coefficient (Wildman–Crippen LogP) is 2.76. The van der Waals surface area contributed by atoms with Gasteiger partial charge in [-0.05, 0) is 24.5 Å². The molecule has 0 spiro atoms. The lowest BCUT2D eigenvalue weighted by molar-refractivity contribution is -0.140. The largest absolute Gasteiger partial charge is 0.480 e. The van der Waals surface area contributed by atoms with Crippen LogP contribution in [0.15, 0.2) is 60.7 Å². The van der Waals surface area contributed by atoms with Gasteiger partial charge in [-0.15, -0.1) is 0 Å². The lowest BCUT2D eigenvalue weighted by Crippen LogP contribution is -2.43. The zero-order valence-corrected chi connectivity index (χ0v) is 17.3. The summed E-state index contributed by atoms with van der Waals surface area (Å²) in [5.41, 5.74) is 1.61. The van der Waals surface area contributed by atoms with Crippen molar-refractivity contribution in [1.29, 1.82) is 0 Å². The minimum atomic E-state index is -1.29. The zero-order valence-electron chi connectivity index (χ0n) is 17.3. The Hall–Kier alpha value is -3.68. The fourth-order valence-corrected chi connectivity index (χ4v) is 2.89. The number of benzene rings is 2. The number of hydrogen-bond acceptors (Lipinski definition) is 5. The van der Waals surface area contributed by atoms with E-state index in [-0.39, 0.29) is 31.9 Å². The van der Waals surface area contributed by atoms with E-state index in [0.29, 0.717) is 6.29 Å². The van der Waals surface area contributed by atoms with Crippen molar-refractivity contribution in [2.45, 2.75) is 45.0 Å². The molecule has 0 aromatic heterocycles. The third-order valence-electron chi connectivity index (χ3n) is 4.65. The number of ether oxygens (including phenoxy) is 1. The molecule has 31 heavy (non-hydrogen) atoms. The molecule has 0 heterocycles. The van der Waals surface area contributed by atoms with Crippen molar-refractivity contribution >= 4 is 24.3 Å².